The fraction of sp³-hybridized carbons (Fsp3) is 0.182. The molecular weight excluding hydrogens is 206 g/mol. The van der Waals surface area contributed by atoms with Gasteiger partial charge < -0.3 is 15.5 Å². The van der Waals surface area contributed by atoms with Gasteiger partial charge in [0.25, 0.3) is 0 Å². The number of nitrogens with one attached hydrogen (secondary N) is 1. The molecule has 1 rings (SSSR count). The molecule has 0 amide bonds. The van der Waals surface area contributed by atoms with Gasteiger partial charge in [-0.2, -0.15) is 0 Å². The number of aliphatic imine (C=N–C) groups is 1. The third kappa shape index (κ3) is 2.66. The van der Waals surface area contributed by atoms with Gasteiger partial charge in [-0.15, -0.1) is 0 Å². The molecule has 5 nitrogen and oxygen atoms in total. The van der Waals surface area contributed by atoms with Crippen molar-refractivity contribution < 1.29 is 10.2 Å². The van der Waals surface area contributed by atoms with E-state index >= 15 is 0 Å². The predicted octanol–water partition coefficient (Wildman–Crippen LogP) is 1.76. The largest absolute Gasteiger partial charge is 0.494 e. The quantitative estimate of drug-likeness (QED) is 0.526. The van der Waals surface area contributed by atoms with E-state index in [1.807, 2.05) is 0 Å². The molecule has 0 saturated heterocycles. The zero-order valence-corrected chi connectivity index (χ0v) is 9.36. The van der Waals surface area contributed by atoms with Crippen LogP contribution in [0.15, 0.2) is 41.7 Å². The highest BCUT2D eigenvalue weighted by atomic mass is 16.3. The third-order valence-corrected chi connectivity index (χ3v) is 1.67. The first kappa shape index (κ1) is 11.9. The zero-order valence-electron chi connectivity index (χ0n) is 9.36. The van der Waals surface area contributed by atoms with Crippen LogP contribution in [0.2, 0.25) is 0 Å². The third-order valence-electron chi connectivity index (χ3n) is 1.67. The first-order chi connectivity index (χ1) is 7.41. The molecule has 0 aromatic carbocycles. The Hall–Kier alpha value is -2.17. The van der Waals surface area contributed by atoms with Crippen LogP contribution in [0.25, 0.3) is 0 Å². The molecule has 3 N–H and O–H groups in total. The second-order valence-corrected chi connectivity index (χ2v) is 3.46. The molecule has 0 unspecified atom stereocenters. The molecule has 0 saturated carbocycles. The van der Waals surface area contributed by atoms with E-state index in [4.69, 9.17) is 0 Å². The van der Waals surface area contributed by atoms with Gasteiger partial charge in [0.2, 0.25) is 17.7 Å². The molecule has 1 heterocycles. The van der Waals surface area contributed by atoms with E-state index in [-0.39, 0.29) is 17.7 Å². The lowest BCUT2D eigenvalue weighted by Crippen LogP contribution is -2.28. The van der Waals surface area contributed by atoms with Crippen molar-refractivity contribution >= 4 is 5.96 Å². The van der Waals surface area contributed by atoms with Gasteiger partial charge in [-0.05, 0) is 13.8 Å². The van der Waals surface area contributed by atoms with Gasteiger partial charge >= 0.3 is 0 Å². The summed E-state index contributed by atoms with van der Waals surface area (Å²) in [5.41, 5.74) is 1.17. The molecule has 0 aliphatic carbocycles. The molecule has 0 aliphatic heterocycles. The van der Waals surface area contributed by atoms with Crippen LogP contribution in [-0.2, 0) is 0 Å². The molecule has 0 bridgehead atoms. The molecule has 5 heteroatoms. The smallest absolute Gasteiger partial charge is 0.217 e. The molecule has 1 aromatic rings. The lowest BCUT2D eigenvalue weighted by Gasteiger charge is -2.12. The number of rotatable bonds is 2. The van der Waals surface area contributed by atoms with Gasteiger partial charge in [0.15, 0.2) is 0 Å². The van der Waals surface area contributed by atoms with E-state index < -0.39 is 0 Å². The SMILES string of the molecule is C=C(C)N=C(NC(=C)C)n1c(O)ccc1O. The second-order valence-electron chi connectivity index (χ2n) is 3.46. The summed E-state index contributed by atoms with van der Waals surface area (Å²) in [6.45, 7) is 10.8. The molecule has 0 fully saturated rings. The summed E-state index contributed by atoms with van der Waals surface area (Å²) < 4.78 is 1.16. The molecule has 1 aromatic heterocycles. The number of aromatic nitrogens is 1. The average Bonchev–Trinajstić information content (AvgIpc) is 2.43. The van der Waals surface area contributed by atoms with E-state index in [0.29, 0.717) is 11.4 Å². The van der Waals surface area contributed by atoms with Crippen LogP contribution in [0.1, 0.15) is 13.8 Å². The van der Waals surface area contributed by atoms with E-state index in [0.717, 1.165) is 4.57 Å². The van der Waals surface area contributed by atoms with Crippen LogP contribution >= 0.6 is 0 Å². The highest BCUT2D eigenvalue weighted by Gasteiger charge is 2.12. The van der Waals surface area contributed by atoms with Crippen LogP contribution in [-0.4, -0.2) is 20.7 Å². The normalized spacial score (nSPS) is 11.2. The van der Waals surface area contributed by atoms with Crippen LogP contribution in [0.5, 0.6) is 11.8 Å². The summed E-state index contributed by atoms with van der Waals surface area (Å²) in [7, 11) is 0. The van der Waals surface area contributed by atoms with Crippen LogP contribution in [0.3, 0.4) is 0 Å². The van der Waals surface area contributed by atoms with Gasteiger partial charge in [-0.25, -0.2) is 9.56 Å². The predicted molar refractivity (Wildman–Crippen MR) is 63.4 cm³/mol. The first-order valence-corrected chi connectivity index (χ1v) is 4.68. The van der Waals surface area contributed by atoms with E-state index in [9.17, 15) is 10.2 Å². The van der Waals surface area contributed by atoms with E-state index in [2.05, 4.69) is 23.5 Å². The minimum atomic E-state index is -0.119. The molecule has 0 aliphatic rings. The maximum atomic E-state index is 9.55. The lowest BCUT2D eigenvalue weighted by molar-refractivity contribution is 0.407. The molecule has 0 radical (unpaired) electrons. The fourth-order valence-electron chi connectivity index (χ4n) is 1.14. The van der Waals surface area contributed by atoms with Crippen LogP contribution in [0.4, 0.5) is 0 Å². The Bertz CT molecular complexity index is 438. The lowest BCUT2D eigenvalue weighted by atomic mass is 10.5. The first-order valence-electron chi connectivity index (χ1n) is 4.68. The topological polar surface area (TPSA) is 69.8 Å². The molecular formula is C11H15N3O2. The van der Waals surface area contributed by atoms with E-state index in [1.165, 1.54) is 12.1 Å². The number of nitrogens with zero attached hydrogens (tertiary/aromatic N) is 2. The monoisotopic (exact) mass is 221 g/mol. The molecule has 16 heavy (non-hydrogen) atoms. The summed E-state index contributed by atoms with van der Waals surface area (Å²) >= 11 is 0. The summed E-state index contributed by atoms with van der Waals surface area (Å²) in [5, 5.41) is 21.9. The Kier molecular flexibility index (Phi) is 3.40. The van der Waals surface area contributed by atoms with Gasteiger partial charge in [0.1, 0.15) is 0 Å². The van der Waals surface area contributed by atoms with Gasteiger partial charge in [-0.3, -0.25) is 0 Å². The standard InChI is InChI=1S/C11H15N3O2/c1-7(2)12-11(13-8(3)4)14-9(15)5-6-10(14)16/h5-6,15-16H,1,3H2,2,4H3,(H,12,13). The summed E-state index contributed by atoms with van der Waals surface area (Å²) in [4.78, 5) is 4.07. The van der Waals surface area contributed by atoms with Crippen molar-refractivity contribution in [2.24, 2.45) is 4.99 Å². The second kappa shape index (κ2) is 4.57. The Morgan fingerprint density at radius 1 is 1.25 bits per heavy atom. The van der Waals surface area contributed by atoms with Crippen molar-refractivity contribution in [1.29, 1.82) is 0 Å². The fourth-order valence-corrected chi connectivity index (χ4v) is 1.14. The Balaban J connectivity index is 3.21. The molecule has 86 valence electrons. The van der Waals surface area contributed by atoms with Crippen molar-refractivity contribution in [3.63, 3.8) is 0 Å². The summed E-state index contributed by atoms with van der Waals surface area (Å²) in [6.07, 6.45) is 0. The Labute approximate surface area is 94.1 Å². The minimum absolute atomic E-state index is 0.119. The number of hydrogen-bond donors (Lipinski definition) is 3. The van der Waals surface area contributed by atoms with Gasteiger partial charge in [0, 0.05) is 23.5 Å². The van der Waals surface area contributed by atoms with Crippen molar-refractivity contribution in [1.82, 2.24) is 9.88 Å². The van der Waals surface area contributed by atoms with Crippen molar-refractivity contribution in [2.45, 2.75) is 13.8 Å². The molecule has 0 atom stereocenters. The van der Waals surface area contributed by atoms with Crippen molar-refractivity contribution in [3.8, 4) is 11.8 Å². The van der Waals surface area contributed by atoms with Crippen molar-refractivity contribution in [2.75, 3.05) is 0 Å². The van der Waals surface area contributed by atoms with Gasteiger partial charge in [-0.1, -0.05) is 13.2 Å². The van der Waals surface area contributed by atoms with E-state index in [1.54, 1.807) is 13.8 Å². The highest BCUT2D eigenvalue weighted by molar-refractivity contribution is 5.87. The van der Waals surface area contributed by atoms with Crippen LogP contribution < -0.4 is 5.32 Å². The summed E-state index contributed by atoms with van der Waals surface area (Å²) in [5.74, 6) is 0.0116. The number of allylic oxidation sites excluding steroid dienone is 2. The number of aromatic hydroxyl groups is 2. The van der Waals surface area contributed by atoms with Crippen molar-refractivity contribution in [3.05, 3.63) is 36.7 Å². The zero-order chi connectivity index (χ0) is 12.3. The maximum absolute atomic E-state index is 9.55. The van der Waals surface area contributed by atoms with Crippen LogP contribution in [0, 0.1) is 0 Å². The minimum Gasteiger partial charge on any atom is -0.494 e. The van der Waals surface area contributed by atoms with Gasteiger partial charge in [0.05, 0.1) is 0 Å². The summed E-state index contributed by atoms with van der Waals surface area (Å²) in [6, 6.07) is 2.73. The average molecular weight is 221 g/mol. The maximum Gasteiger partial charge on any atom is 0.217 e. The Morgan fingerprint density at radius 3 is 2.12 bits per heavy atom. The number of hydrogen-bond acceptors (Lipinski definition) is 3. The molecule has 0 spiro atoms. The highest BCUT2D eigenvalue weighted by Crippen LogP contribution is 2.20. The Morgan fingerprint density at radius 2 is 1.75 bits per heavy atom.